The Balaban J connectivity index is 1.78. The van der Waals surface area contributed by atoms with Gasteiger partial charge in [-0.05, 0) is 6.92 Å². The van der Waals surface area contributed by atoms with Gasteiger partial charge in [0.1, 0.15) is 11.6 Å². The number of nitrogens with one attached hydrogen (secondary N) is 2. The number of nitrogens with zero attached hydrogens (tertiary/aromatic N) is 2. The number of H-pyrrole nitrogens is 1. The van der Waals surface area contributed by atoms with Gasteiger partial charge in [0.15, 0.2) is 0 Å². The van der Waals surface area contributed by atoms with Gasteiger partial charge in [0.05, 0.1) is 12.2 Å². The van der Waals surface area contributed by atoms with Crippen LogP contribution in [0.25, 0.3) is 0 Å². The van der Waals surface area contributed by atoms with Crippen molar-refractivity contribution in [1.82, 2.24) is 20.4 Å². The first-order valence-electron chi connectivity index (χ1n) is 4.46. The zero-order valence-electron chi connectivity index (χ0n) is 7.95. The molecule has 0 saturated carbocycles. The normalized spacial score (nSPS) is 10.6. The molecule has 0 aliphatic rings. The van der Waals surface area contributed by atoms with Crippen LogP contribution < -0.4 is 5.32 Å². The summed E-state index contributed by atoms with van der Waals surface area (Å²) in [5.41, 5.74) is 0.911. The third-order valence-electron chi connectivity index (χ3n) is 1.83. The van der Waals surface area contributed by atoms with Crippen molar-refractivity contribution in [2.75, 3.05) is 0 Å². The molecule has 0 spiro atoms. The zero-order chi connectivity index (χ0) is 9.80. The number of hydrogen-bond donors (Lipinski definition) is 2. The molecule has 2 aromatic heterocycles. The average Bonchev–Trinajstić information content (AvgIpc) is 2.77. The monoisotopic (exact) mass is 192 g/mol. The Morgan fingerprint density at radius 2 is 2.43 bits per heavy atom. The van der Waals surface area contributed by atoms with Crippen molar-refractivity contribution < 1.29 is 4.52 Å². The molecule has 2 rings (SSSR count). The highest BCUT2D eigenvalue weighted by atomic mass is 16.5. The molecule has 0 aromatic carbocycles. The van der Waals surface area contributed by atoms with Crippen molar-refractivity contribution in [2.45, 2.75) is 20.0 Å². The number of imidazole rings is 1. The summed E-state index contributed by atoms with van der Waals surface area (Å²) >= 11 is 0. The molecule has 5 heteroatoms. The molecule has 0 bridgehead atoms. The van der Waals surface area contributed by atoms with Crippen molar-refractivity contribution in [3.05, 3.63) is 35.7 Å². The summed E-state index contributed by atoms with van der Waals surface area (Å²) in [6, 6.07) is 1.91. The first-order valence-corrected chi connectivity index (χ1v) is 4.46. The van der Waals surface area contributed by atoms with Gasteiger partial charge < -0.3 is 14.8 Å². The summed E-state index contributed by atoms with van der Waals surface area (Å²) < 4.78 is 4.94. The molecule has 14 heavy (non-hydrogen) atoms. The lowest BCUT2D eigenvalue weighted by Gasteiger charge is -1.97. The third kappa shape index (κ3) is 2.20. The van der Waals surface area contributed by atoms with E-state index in [1.165, 1.54) is 0 Å². The van der Waals surface area contributed by atoms with Gasteiger partial charge in [-0.15, -0.1) is 0 Å². The quantitative estimate of drug-likeness (QED) is 0.758. The van der Waals surface area contributed by atoms with Gasteiger partial charge >= 0.3 is 0 Å². The van der Waals surface area contributed by atoms with E-state index in [4.69, 9.17) is 4.52 Å². The lowest BCUT2D eigenvalue weighted by atomic mass is 10.4. The molecule has 2 heterocycles. The van der Waals surface area contributed by atoms with Crippen molar-refractivity contribution >= 4 is 0 Å². The van der Waals surface area contributed by atoms with Crippen molar-refractivity contribution in [3.63, 3.8) is 0 Å². The Kier molecular flexibility index (Phi) is 2.60. The van der Waals surface area contributed by atoms with Crippen molar-refractivity contribution in [2.24, 2.45) is 0 Å². The van der Waals surface area contributed by atoms with Crippen LogP contribution in [0.2, 0.25) is 0 Å². The van der Waals surface area contributed by atoms with Crippen molar-refractivity contribution in [1.29, 1.82) is 0 Å². The maximum Gasteiger partial charge on any atom is 0.133 e. The molecule has 0 saturated heterocycles. The Morgan fingerprint density at radius 3 is 3.07 bits per heavy atom. The predicted molar refractivity (Wildman–Crippen MR) is 50.4 cm³/mol. The summed E-state index contributed by atoms with van der Waals surface area (Å²) in [5, 5.41) is 7.07. The minimum Gasteiger partial charge on any atom is -0.361 e. The second-order valence-corrected chi connectivity index (χ2v) is 3.07. The molecule has 0 unspecified atom stereocenters. The topological polar surface area (TPSA) is 66.7 Å². The predicted octanol–water partition coefficient (Wildman–Crippen LogP) is 0.996. The molecule has 5 nitrogen and oxygen atoms in total. The zero-order valence-corrected chi connectivity index (χ0v) is 7.95. The molecular formula is C9H12N4O. The maximum absolute atomic E-state index is 4.94. The number of aromatic amines is 1. The molecule has 0 aliphatic carbocycles. The van der Waals surface area contributed by atoms with Gasteiger partial charge in [-0.25, -0.2) is 4.98 Å². The fourth-order valence-corrected chi connectivity index (χ4v) is 1.20. The number of rotatable bonds is 4. The highest BCUT2D eigenvalue weighted by molar-refractivity contribution is 5.03. The van der Waals surface area contributed by atoms with Crippen LogP contribution in [-0.4, -0.2) is 15.1 Å². The van der Waals surface area contributed by atoms with E-state index in [0.717, 1.165) is 17.3 Å². The molecule has 0 radical (unpaired) electrons. The van der Waals surface area contributed by atoms with Crippen LogP contribution in [0.1, 0.15) is 17.3 Å². The molecule has 2 N–H and O–H groups in total. The molecule has 74 valence electrons. The Hall–Kier alpha value is -1.62. The molecule has 2 aromatic rings. The fraction of sp³-hybridized carbons (Fsp3) is 0.333. The van der Waals surface area contributed by atoms with Gasteiger partial charge in [0.25, 0.3) is 0 Å². The van der Waals surface area contributed by atoms with Crippen LogP contribution in [0, 0.1) is 6.92 Å². The molecule has 0 atom stereocenters. The molecular weight excluding hydrogens is 180 g/mol. The number of aryl methyl sites for hydroxylation is 1. The first kappa shape index (κ1) is 8.96. The minimum atomic E-state index is 0.692. The Bertz CT molecular complexity index is 379. The van der Waals surface area contributed by atoms with Gasteiger partial charge in [-0.3, -0.25) is 0 Å². The van der Waals surface area contributed by atoms with Crippen LogP contribution in [0.3, 0.4) is 0 Å². The highest BCUT2D eigenvalue weighted by Gasteiger charge is 1.99. The summed E-state index contributed by atoms with van der Waals surface area (Å²) in [6.45, 7) is 3.28. The second kappa shape index (κ2) is 4.06. The van der Waals surface area contributed by atoms with Crippen LogP contribution in [-0.2, 0) is 13.1 Å². The summed E-state index contributed by atoms with van der Waals surface area (Å²) in [6.07, 6.45) is 3.54. The lowest BCUT2D eigenvalue weighted by molar-refractivity contribution is 0.388. The average molecular weight is 192 g/mol. The largest absolute Gasteiger partial charge is 0.361 e. The summed E-state index contributed by atoms with van der Waals surface area (Å²) in [4.78, 5) is 7.10. The molecule has 0 aliphatic heterocycles. The van der Waals surface area contributed by atoms with E-state index in [1.807, 2.05) is 13.0 Å². The number of hydrogen-bond acceptors (Lipinski definition) is 4. The van der Waals surface area contributed by atoms with Crippen molar-refractivity contribution in [3.8, 4) is 0 Å². The molecule has 0 amide bonds. The maximum atomic E-state index is 4.94. The first-order chi connectivity index (χ1) is 6.84. The minimum absolute atomic E-state index is 0.692. The van der Waals surface area contributed by atoms with Gasteiger partial charge in [0, 0.05) is 25.0 Å². The number of aromatic nitrogens is 3. The van der Waals surface area contributed by atoms with E-state index >= 15 is 0 Å². The van der Waals surface area contributed by atoms with Crippen LogP contribution in [0.4, 0.5) is 0 Å². The van der Waals surface area contributed by atoms with E-state index in [1.54, 1.807) is 12.4 Å². The second-order valence-electron chi connectivity index (χ2n) is 3.07. The highest BCUT2D eigenvalue weighted by Crippen LogP contribution is 2.00. The van der Waals surface area contributed by atoms with Crippen LogP contribution in [0.5, 0.6) is 0 Å². The molecule has 0 fully saturated rings. The van der Waals surface area contributed by atoms with Crippen LogP contribution in [0.15, 0.2) is 23.0 Å². The summed E-state index contributed by atoms with van der Waals surface area (Å²) in [7, 11) is 0. The van der Waals surface area contributed by atoms with E-state index in [2.05, 4.69) is 20.4 Å². The fourth-order valence-electron chi connectivity index (χ4n) is 1.20. The van der Waals surface area contributed by atoms with Crippen LogP contribution >= 0.6 is 0 Å². The van der Waals surface area contributed by atoms with E-state index in [0.29, 0.717) is 13.1 Å². The Labute approximate surface area is 81.5 Å². The van der Waals surface area contributed by atoms with E-state index < -0.39 is 0 Å². The third-order valence-corrected chi connectivity index (χ3v) is 1.83. The van der Waals surface area contributed by atoms with E-state index in [9.17, 15) is 0 Å². The van der Waals surface area contributed by atoms with Gasteiger partial charge in [-0.2, -0.15) is 0 Å². The Morgan fingerprint density at radius 1 is 1.50 bits per heavy atom. The van der Waals surface area contributed by atoms with E-state index in [-0.39, 0.29) is 0 Å². The standard InChI is InChI=1S/C9H12N4O/c1-7-4-8(13-14-7)5-10-6-9-11-2-3-12-9/h2-4,10H,5-6H2,1H3,(H,11,12). The lowest BCUT2D eigenvalue weighted by Crippen LogP contribution is -2.13. The van der Waals surface area contributed by atoms with Gasteiger partial charge in [-0.1, -0.05) is 5.16 Å². The summed E-state index contributed by atoms with van der Waals surface area (Å²) in [5.74, 6) is 1.75. The van der Waals surface area contributed by atoms with Gasteiger partial charge in [0.2, 0.25) is 0 Å². The SMILES string of the molecule is Cc1cc(CNCc2ncc[nH]2)no1. The smallest absolute Gasteiger partial charge is 0.133 e.